The number of unbranched alkanes of at least 4 members (excludes halogenated alkanes) is 1. The third-order valence-electron chi connectivity index (χ3n) is 5.13. The molecule has 0 amide bonds. The maximum atomic E-state index is 12.6. The van der Waals surface area contributed by atoms with Gasteiger partial charge < -0.3 is 14.6 Å². The van der Waals surface area contributed by atoms with Crippen molar-refractivity contribution in [3.05, 3.63) is 87.6 Å². The lowest BCUT2D eigenvalue weighted by Gasteiger charge is -2.18. The molecule has 168 valence electrons. The van der Waals surface area contributed by atoms with Crippen molar-refractivity contribution in [3.63, 3.8) is 0 Å². The number of carbonyl (C=O) groups is 1. The van der Waals surface area contributed by atoms with Crippen LogP contribution in [0.5, 0.6) is 11.5 Å². The van der Waals surface area contributed by atoms with Gasteiger partial charge in [-0.1, -0.05) is 43.7 Å². The van der Waals surface area contributed by atoms with Crippen LogP contribution in [0.3, 0.4) is 0 Å². The summed E-state index contributed by atoms with van der Waals surface area (Å²) in [5.74, 6) is 0.519. The van der Waals surface area contributed by atoms with Gasteiger partial charge in [0.2, 0.25) is 6.10 Å². The first-order chi connectivity index (χ1) is 15.4. The van der Waals surface area contributed by atoms with Gasteiger partial charge in [0.25, 0.3) is 5.56 Å². The number of carboxylic acid groups (broad SMARTS) is 1. The number of aliphatic carboxylic acids is 1. The summed E-state index contributed by atoms with van der Waals surface area (Å²) in [6.45, 7) is 4.32. The van der Waals surface area contributed by atoms with E-state index in [9.17, 15) is 14.7 Å². The zero-order valence-electron chi connectivity index (χ0n) is 18.6. The lowest BCUT2D eigenvalue weighted by atomic mass is 10.1. The van der Waals surface area contributed by atoms with E-state index in [1.807, 2.05) is 19.1 Å². The number of benzene rings is 2. The molecule has 1 N–H and O–H groups in total. The van der Waals surface area contributed by atoms with E-state index in [1.165, 1.54) is 13.2 Å². The molecule has 7 heteroatoms. The summed E-state index contributed by atoms with van der Waals surface area (Å²) < 4.78 is 12.7. The third kappa shape index (κ3) is 5.55. The van der Waals surface area contributed by atoms with Crippen LogP contribution < -0.4 is 15.0 Å². The first kappa shape index (κ1) is 23.1. The normalized spacial score (nSPS) is 11.7. The molecular weight excluding hydrogens is 408 g/mol. The van der Waals surface area contributed by atoms with Crippen molar-refractivity contribution in [2.75, 3.05) is 7.11 Å². The fourth-order valence-corrected chi connectivity index (χ4v) is 3.50. The number of hydrogen-bond donors (Lipinski definition) is 1. The smallest absolute Gasteiger partial charge is 0.349 e. The number of para-hydroxylation sites is 1. The summed E-state index contributed by atoms with van der Waals surface area (Å²) in [5, 5.41) is 9.69. The number of nitrogens with zero attached hydrogens (tertiary/aromatic N) is 2. The predicted octanol–water partition coefficient (Wildman–Crippen LogP) is 4.16. The molecule has 0 aliphatic heterocycles. The van der Waals surface area contributed by atoms with Crippen molar-refractivity contribution in [1.82, 2.24) is 9.55 Å². The Morgan fingerprint density at radius 3 is 2.53 bits per heavy atom. The minimum atomic E-state index is -1.21. The third-order valence-corrected chi connectivity index (χ3v) is 5.13. The van der Waals surface area contributed by atoms with Gasteiger partial charge in [-0.05, 0) is 37.1 Å². The van der Waals surface area contributed by atoms with Gasteiger partial charge in [0.1, 0.15) is 17.3 Å². The average molecular weight is 437 g/mol. The molecule has 0 saturated carbocycles. The second-order valence-corrected chi connectivity index (χ2v) is 7.56. The summed E-state index contributed by atoms with van der Waals surface area (Å²) in [7, 11) is 1.49. The van der Waals surface area contributed by atoms with Crippen molar-refractivity contribution in [1.29, 1.82) is 0 Å². The van der Waals surface area contributed by atoms with Crippen molar-refractivity contribution in [2.45, 2.75) is 45.8 Å². The number of ether oxygens (including phenoxy) is 2. The number of hydrogen-bond acceptors (Lipinski definition) is 5. The Morgan fingerprint density at radius 1 is 1.16 bits per heavy atom. The summed E-state index contributed by atoms with van der Waals surface area (Å²) in [5.41, 5.74) is 1.97. The highest BCUT2D eigenvalue weighted by atomic mass is 16.5. The molecule has 32 heavy (non-hydrogen) atoms. The zero-order valence-corrected chi connectivity index (χ0v) is 18.6. The topological polar surface area (TPSA) is 90.7 Å². The van der Waals surface area contributed by atoms with Crippen LogP contribution in [-0.2, 0) is 17.8 Å². The van der Waals surface area contributed by atoms with Crippen molar-refractivity contribution < 1.29 is 19.4 Å². The predicted molar refractivity (Wildman–Crippen MR) is 121 cm³/mol. The maximum Gasteiger partial charge on any atom is 0.349 e. The summed E-state index contributed by atoms with van der Waals surface area (Å²) in [6, 6.07) is 15.5. The molecule has 7 nitrogen and oxygen atoms in total. The van der Waals surface area contributed by atoms with E-state index in [4.69, 9.17) is 9.47 Å². The van der Waals surface area contributed by atoms with Gasteiger partial charge in [0.05, 0.1) is 13.7 Å². The van der Waals surface area contributed by atoms with E-state index in [0.717, 1.165) is 36.3 Å². The molecular formula is C25H28N2O5. The molecule has 0 aliphatic carbocycles. The Morgan fingerprint density at radius 2 is 1.88 bits per heavy atom. The molecule has 3 rings (SSSR count). The van der Waals surface area contributed by atoms with E-state index < -0.39 is 12.1 Å². The van der Waals surface area contributed by atoms with Crippen LogP contribution in [-0.4, -0.2) is 27.7 Å². The molecule has 1 unspecified atom stereocenters. The first-order valence-corrected chi connectivity index (χ1v) is 10.6. The minimum absolute atomic E-state index is 0.0777. The summed E-state index contributed by atoms with van der Waals surface area (Å²) >= 11 is 0. The van der Waals surface area contributed by atoms with Crippen molar-refractivity contribution in [3.8, 4) is 11.5 Å². The van der Waals surface area contributed by atoms with Crippen LogP contribution in [0.1, 0.15) is 48.5 Å². The van der Waals surface area contributed by atoms with E-state index in [0.29, 0.717) is 23.6 Å². The Labute approximate surface area is 187 Å². The molecule has 0 radical (unpaired) electrons. The molecule has 0 bridgehead atoms. The lowest BCUT2D eigenvalue weighted by Crippen LogP contribution is -2.25. The van der Waals surface area contributed by atoms with Crippen molar-refractivity contribution in [2.24, 2.45) is 0 Å². The second-order valence-electron chi connectivity index (χ2n) is 7.56. The molecule has 1 atom stereocenters. The quantitative estimate of drug-likeness (QED) is 0.513. The van der Waals surface area contributed by atoms with Crippen LogP contribution in [0.25, 0.3) is 0 Å². The van der Waals surface area contributed by atoms with E-state index in [2.05, 4.69) is 11.9 Å². The van der Waals surface area contributed by atoms with E-state index in [-0.39, 0.29) is 5.56 Å². The molecule has 3 aromatic rings. The summed E-state index contributed by atoms with van der Waals surface area (Å²) in [6.07, 6.45) is 1.52. The Kier molecular flexibility index (Phi) is 7.65. The van der Waals surface area contributed by atoms with Gasteiger partial charge in [-0.15, -0.1) is 0 Å². The summed E-state index contributed by atoms with van der Waals surface area (Å²) in [4.78, 5) is 29.0. The highest BCUT2D eigenvalue weighted by Gasteiger charge is 2.25. The molecule has 1 aromatic heterocycles. The average Bonchev–Trinajstić information content (AvgIpc) is 2.78. The highest BCUT2D eigenvalue weighted by Crippen LogP contribution is 2.29. The van der Waals surface area contributed by atoms with Gasteiger partial charge >= 0.3 is 5.97 Å². The zero-order chi connectivity index (χ0) is 23.1. The van der Waals surface area contributed by atoms with Gasteiger partial charge in [-0.3, -0.25) is 9.36 Å². The molecule has 0 spiro atoms. The molecule has 0 saturated heterocycles. The lowest BCUT2D eigenvalue weighted by molar-refractivity contribution is -0.145. The van der Waals surface area contributed by atoms with E-state index >= 15 is 0 Å². The number of carboxylic acids is 1. The number of aryl methyl sites for hydroxylation is 2. The van der Waals surface area contributed by atoms with Gasteiger partial charge in [0.15, 0.2) is 0 Å². The second kappa shape index (κ2) is 10.6. The Hall–Kier alpha value is -3.61. The number of methoxy groups -OCH3 is 1. The molecule has 0 fully saturated rings. The molecule has 2 aromatic carbocycles. The Bertz CT molecular complexity index is 1120. The molecule has 0 aliphatic rings. The largest absolute Gasteiger partial charge is 0.496 e. The van der Waals surface area contributed by atoms with Crippen LogP contribution in [0.4, 0.5) is 0 Å². The number of rotatable bonds is 10. The standard InChI is InChI=1S/C25H28N2O5/c1-4-5-10-22-26-17(2)15-23(28)27(22)16-18-11-13-19(14-12-18)32-24(25(29)30)20-8-6-7-9-21(20)31-3/h6-9,11-15,24H,4-5,10,16H2,1-3H3,(H,29,30). The van der Waals surface area contributed by atoms with Gasteiger partial charge in [0, 0.05) is 23.7 Å². The Balaban J connectivity index is 1.81. The van der Waals surface area contributed by atoms with Crippen LogP contribution in [0, 0.1) is 6.92 Å². The fourth-order valence-electron chi connectivity index (χ4n) is 3.50. The SMILES string of the molecule is CCCCc1nc(C)cc(=O)n1Cc1ccc(OC(C(=O)O)c2ccccc2OC)cc1. The van der Waals surface area contributed by atoms with Crippen LogP contribution in [0.15, 0.2) is 59.4 Å². The van der Waals surface area contributed by atoms with E-state index in [1.54, 1.807) is 41.0 Å². The van der Waals surface area contributed by atoms with Crippen LogP contribution in [0.2, 0.25) is 0 Å². The van der Waals surface area contributed by atoms with Gasteiger partial charge in [-0.25, -0.2) is 9.78 Å². The minimum Gasteiger partial charge on any atom is -0.496 e. The van der Waals surface area contributed by atoms with Crippen molar-refractivity contribution >= 4 is 5.97 Å². The number of aromatic nitrogens is 2. The monoisotopic (exact) mass is 436 g/mol. The molecule has 1 heterocycles. The first-order valence-electron chi connectivity index (χ1n) is 10.6. The fraction of sp³-hybridized carbons (Fsp3) is 0.320. The van der Waals surface area contributed by atoms with Crippen LogP contribution >= 0.6 is 0 Å². The maximum absolute atomic E-state index is 12.6. The van der Waals surface area contributed by atoms with Gasteiger partial charge in [-0.2, -0.15) is 0 Å². The highest BCUT2D eigenvalue weighted by molar-refractivity contribution is 5.76.